The van der Waals surface area contributed by atoms with Gasteiger partial charge in [-0.05, 0) is 24.6 Å². The third-order valence-electron chi connectivity index (χ3n) is 3.58. The van der Waals surface area contributed by atoms with Crippen LogP contribution >= 0.6 is 22.9 Å². The molecular weight excluding hydrogens is 373 g/mol. The van der Waals surface area contributed by atoms with Gasteiger partial charge in [0.2, 0.25) is 5.01 Å². The zero-order valence-corrected chi connectivity index (χ0v) is 15.4. The van der Waals surface area contributed by atoms with E-state index in [1.165, 1.54) is 12.1 Å². The minimum absolute atomic E-state index is 0.201. The highest BCUT2D eigenvalue weighted by Gasteiger charge is 2.14. The van der Waals surface area contributed by atoms with Gasteiger partial charge in [0.1, 0.15) is 5.82 Å². The Labute approximate surface area is 159 Å². The number of hydrogen-bond acceptors (Lipinski definition) is 4. The number of halogens is 2. The van der Waals surface area contributed by atoms with Crippen molar-refractivity contribution in [2.24, 2.45) is 0 Å². The molecule has 0 saturated carbocycles. The molecule has 3 aromatic rings. The Morgan fingerprint density at radius 2 is 1.85 bits per heavy atom. The molecule has 2 aromatic carbocycles. The summed E-state index contributed by atoms with van der Waals surface area (Å²) >= 11 is 7.24. The lowest BCUT2D eigenvalue weighted by Gasteiger charge is -2.03. The Kier molecular flexibility index (Phi) is 5.75. The van der Waals surface area contributed by atoms with E-state index in [1.54, 1.807) is 18.2 Å². The number of aryl methyl sites for hydroxylation is 1. The van der Waals surface area contributed by atoms with Crippen molar-refractivity contribution in [2.75, 3.05) is 0 Å². The van der Waals surface area contributed by atoms with E-state index in [4.69, 9.17) is 11.6 Å². The van der Waals surface area contributed by atoms with Gasteiger partial charge in [0.25, 0.3) is 5.91 Å². The van der Waals surface area contributed by atoms with Gasteiger partial charge < -0.3 is 5.32 Å². The van der Waals surface area contributed by atoms with Crippen molar-refractivity contribution in [3.8, 4) is 0 Å². The molecule has 1 N–H and O–H groups in total. The van der Waals surface area contributed by atoms with Crippen LogP contribution in [-0.4, -0.2) is 16.1 Å². The van der Waals surface area contributed by atoms with Crippen LogP contribution in [0.4, 0.5) is 4.39 Å². The number of aromatic nitrogens is 2. The van der Waals surface area contributed by atoms with E-state index in [2.05, 4.69) is 15.5 Å². The smallest absolute Gasteiger partial charge is 0.282 e. The van der Waals surface area contributed by atoms with Crippen LogP contribution in [0.15, 0.2) is 48.5 Å². The van der Waals surface area contributed by atoms with Gasteiger partial charge in [0.05, 0.1) is 5.03 Å². The third kappa shape index (κ3) is 4.53. The van der Waals surface area contributed by atoms with E-state index in [-0.39, 0.29) is 21.8 Å². The molecule has 3 rings (SSSR count). The summed E-state index contributed by atoms with van der Waals surface area (Å²) in [6.45, 7) is 2.40. The summed E-state index contributed by atoms with van der Waals surface area (Å²) in [6, 6.07) is 14.1. The topological polar surface area (TPSA) is 54.9 Å². The molecule has 1 aromatic heterocycles. The SMILES string of the molecule is Cc1ccc(CNC(=O)c2nnc(/C(Cl)=C/c3ccccc3F)s2)cc1. The van der Waals surface area contributed by atoms with Crippen molar-refractivity contribution in [3.05, 3.63) is 81.1 Å². The molecule has 0 unspecified atom stereocenters. The number of benzene rings is 2. The number of carbonyl (C=O) groups excluding carboxylic acids is 1. The van der Waals surface area contributed by atoms with Crippen molar-refractivity contribution >= 4 is 40.0 Å². The van der Waals surface area contributed by atoms with E-state index in [9.17, 15) is 9.18 Å². The van der Waals surface area contributed by atoms with E-state index in [0.29, 0.717) is 17.1 Å². The molecule has 0 saturated heterocycles. The number of nitrogens with one attached hydrogen (secondary N) is 1. The van der Waals surface area contributed by atoms with E-state index in [0.717, 1.165) is 22.5 Å². The maximum atomic E-state index is 13.7. The zero-order chi connectivity index (χ0) is 18.5. The second kappa shape index (κ2) is 8.21. The first-order valence-corrected chi connectivity index (χ1v) is 9.02. The van der Waals surface area contributed by atoms with Crippen molar-refractivity contribution in [1.29, 1.82) is 0 Å². The Morgan fingerprint density at radius 1 is 1.15 bits per heavy atom. The molecule has 1 heterocycles. The lowest BCUT2D eigenvalue weighted by molar-refractivity contribution is 0.0950. The van der Waals surface area contributed by atoms with E-state index in [1.807, 2.05) is 31.2 Å². The van der Waals surface area contributed by atoms with Gasteiger partial charge >= 0.3 is 0 Å². The van der Waals surface area contributed by atoms with Crippen LogP contribution in [0.5, 0.6) is 0 Å². The summed E-state index contributed by atoms with van der Waals surface area (Å²) in [5, 5.41) is 11.4. The number of rotatable bonds is 5. The van der Waals surface area contributed by atoms with Crippen LogP contribution in [0.25, 0.3) is 11.1 Å². The summed E-state index contributed by atoms with van der Waals surface area (Å²) in [5.74, 6) is -0.712. The van der Waals surface area contributed by atoms with Crippen LogP contribution in [0.1, 0.15) is 31.5 Å². The van der Waals surface area contributed by atoms with Gasteiger partial charge in [-0.2, -0.15) is 0 Å². The van der Waals surface area contributed by atoms with Crippen molar-refractivity contribution in [1.82, 2.24) is 15.5 Å². The molecule has 0 spiro atoms. The molecule has 0 aliphatic rings. The van der Waals surface area contributed by atoms with Crippen molar-refractivity contribution < 1.29 is 9.18 Å². The van der Waals surface area contributed by atoms with Gasteiger partial charge in [-0.15, -0.1) is 10.2 Å². The van der Waals surface area contributed by atoms with Gasteiger partial charge in [0, 0.05) is 12.1 Å². The average molecular weight is 388 g/mol. The Bertz CT molecular complexity index is 953. The number of carbonyl (C=O) groups is 1. The fraction of sp³-hybridized carbons (Fsp3) is 0.105. The molecule has 0 aliphatic heterocycles. The third-order valence-corrected chi connectivity index (χ3v) is 4.94. The summed E-state index contributed by atoms with van der Waals surface area (Å²) in [6.07, 6.45) is 1.46. The fourth-order valence-electron chi connectivity index (χ4n) is 2.17. The van der Waals surface area contributed by atoms with Crippen LogP contribution in [0.3, 0.4) is 0 Å². The Balaban J connectivity index is 1.67. The van der Waals surface area contributed by atoms with Crippen LogP contribution < -0.4 is 5.32 Å². The summed E-state index contributed by atoms with van der Waals surface area (Å²) in [4.78, 5) is 12.2. The maximum Gasteiger partial charge on any atom is 0.282 e. The molecule has 0 atom stereocenters. The lowest BCUT2D eigenvalue weighted by atomic mass is 10.1. The van der Waals surface area contributed by atoms with Crippen LogP contribution in [-0.2, 0) is 6.54 Å². The maximum absolute atomic E-state index is 13.7. The largest absolute Gasteiger partial charge is 0.346 e. The summed E-state index contributed by atoms with van der Waals surface area (Å²) < 4.78 is 13.7. The highest BCUT2D eigenvalue weighted by Crippen LogP contribution is 2.26. The predicted octanol–water partition coefficient (Wildman–Crippen LogP) is 4.65. The van der Waals surface area contributed by atoms with Gasteiger partial charge in [-0.1, -0.05) is 71.0 Å². The molecule has 132 valence electrons. The molecule has 1 amide bonds. The second-order valence-electron chi connectivity index (χ2n) is 5.59. The van der Waals surface area contributed by atoms with Crippen molar-refractivity contribution in [3.63, 3.8) is 0 Å². The van der Waals surface area contributed by atoms with Gasteiger partial charge in [-0.3, -0.25) is 4.79 Å². The molecule has 0 bridgehead atoms. The zero-order valence-electron chi connectivity index (χ0n) is 13.9. The summed E-state index contributed by atoms with van der Waals surface area (Å²) in [5.41, 5.74) is 2.49. The fourth-order valence-corrected chi connectivity index (χ4v) is 3.10. The van der Waals surface area contributed by atoms with Gasteiger partial charge in [-0.25, -0.2) is 4.39 Å². The standard InChI is InChI=1S/C19H15ClFN3OS/c1-12-6-8-13(9-7-12)11-22-17(25)19-24-23-18(26-19)15(20)10-14-4-2-3-5-16(14)21/h2-10H,11H2,1H3,(H,22,25)/b15-10-. The summed E-state index contributed by atoms with van der Waals surface area (Å²) in [7, 11) is 0. The first kappa shape index (κ1) is 18.2. The first-order chi connectivity index (χ1) is 12.5. The Hall–Kier alpha value is -2.57. The minimum Gasteiger partial charge on any atom is -0.346 e. The number of nitrogens with zero attached hydrogens (tertiary/aromatic N) is 2. The molecule has 4 nitrogen and oxygen atoms in total. The molecule has 0 radical (unpaired) electrons. The monoisotopic (exact) mass is 387 g/mol. The molecule has 0 fully saturated rings. The second-order valence-corrected chi connectivity index (χ2v) is 6.98. The quantitative estimate of drug-likeness (QED) is 0.693. The van der Waals surface area contributed by atoms with Crippen molar-refractivity contribution in [2.45, 2.75) is 13.5 Å². The van der Waals surface area contributed by atoms with Crippen LogP contribution in [0, 0.1) is 12.7 Å². The van der Waals surface area contributed by atoms with Crippen LogP contribution in [0.2, 0.25) is 0 Å². The minimum atomic E-state index is -0.383. The van der Waals surface area contributed by atoms with E-state index >= 15 is 0 Å². The highest BCUT2D eigenvalue weighted by molar-refractivity contribution is 7.15. The molecule has 7 heteroatoms. The van der Waals surface area contributed by atoms with Gasteiger partial charge in [0.15, 0.2) is 5.01 Å². The predicted molar refractivity (Wildman–Crippen MR) is 102 cm³/mol. The first-order valence-electron chi connectivity index (χ1n) is 7.82. The number of hydrogen-bond donors (Lipinski definition) is 1. The molecule has 26 heavy (non-hydrogen) atoms. The number of amides is 1. The lowest BCUT2D eigenvalue weighted by Crippen LogP contribution is -2.22. The Morgan fingerprint density at radius 3 is 2.58 bits per heavy atom. The van der Waals surface area contributed by atoms with E-state index < -0.39 is 0 Å². The molecule has 0 aliphatic carbocycles. The normalized spacial score (nSPS) is 11.4. The molecular formula is C19H15ClFN3OS. The highest BCUT2D eigenvalue weighted by atomic mass is 35.5. The average Bonchev–Trinajstić information content (AvgIpc) is 3.13.